The lowest BCUT2D eigenvalue weighted by atomic mass is 10.1. The van der Waals surface area contributed by atoms with Gasteiger partial charge >= 0.3 is 0 Å². The summed E-state index contributed by atoms with van der Waals surface area (Å²) >= 11 is 0. The molecule has 2 aromatic carbocycles. The van der Waals surface area contributed by atoms with Gasteiger partial charge in [0, 0.05) is 17.5 Å². The third-order valence-electron chi connectivity index (χ3n) is 3.54. The first-order valence-electron chi connectivity index (χ1n) is 7.19. The Morgan fingerprint density at radius 1 is 1.17 bits per heavy atom. The van der Waals surface area contributed by atoms with E-state index >= 15 is 0 Å². The number of para-hydroxylation sites is 1. The van der Waals surface area contributed by atoms with Crippen molar-refractivity contribution < 1.29 is 22.4 Å². The zero-order valence-corrected chi connectivity index (χ0v) is 13.3. The monoisotopic (exact) mass is 350 g/mol. The molecule has 0 amide bonds. The number of hydrogen-bond donors (Lipinski definition) is 2. The molecule has 0 spiro atoms. The molecule has 0 bridgehead atoms. The van der Waals surface area contributed by atoms with Crippen molar-refractivity contribution in [1.82, 2.24) is 9.88 Å². The maximum Gasteiger partial charge on any atom is 0.217 e. The second-order valence-corrected chi connectivity index (χ2v) is 7.08. The van der Waals surface area contributed by atoms with E-state index in [0.29, 0.717) is 11.0 Å². The molecule has 2 N–H and O–H groups in total. The quantitative estimate of drug-likeness (QED) is 0.710. The van der Waals surface area contributed by atoms with Crippen LogP contribution in [0.3, 0.4) is 0 Å². The van der Waals surface area contributed by atoms with Gasteiger partial charge in [0.1, 0.15) is 17.3 Å². The first kappa shape index (κ1) is 16.6. The van der Waals surface area contributed by atoms with Crippen molar-refractivity contribution in [3.05, 3.63) is 65.6 Å². The van der Waals surface area contributed by atoms with Gasteiger partial charge in [0.05, 0.1) is 6.10 Å². The number of halogens is 1. The van der Waals surface area contributed by atoms with E-state index in [1.165, 1.54) is 18.2 Å². The van der Waals surface area contributed by atoms with Crippen molar-refractivity contribution in [2.45, 2.75) is 11.9 Å². The molecule has 1 unspecified atom stereocenters. The predicted octanol–water partition coefficient (Wildman–Crippen LogP) is 2.12. The van der Waals surface area contributed by atoms with Crippen LogP contribution in [-0.4, -0.2) is 25.2 Å². The van der Waals surface area contributed by atoms with Gasteiger partial charge in [-0.15, -0.1) is 0 Å². The smallest absolute Gasteiger partial charge is 0.217 e. The van der Waals surface area contributed by atoms with Crippen molar-refractivity contribution in [3.63, 3.8) is 0 Å². The van der Waals surface area contributed by atoms with Gasteiger partial charge < -0.3 is 9.63 Å². The van der Waals surface area contributed by atoms with E-state index in [1.807, 2.05) is 0 Å². The van der Waals surface area contributed by atoms with Gasteiger partial charge in [-0.3, -0.25) is 0 Å². The van der Waals surface area contributed by atoms with E-state index in [4.69, 9.17) is 4.52 Å². The van der Waals surface area contributed by atoms with E-state index in [2.05, 4.69) is 9.88 Å². The van der Waals surface area contributed by atoms with Gasteiger partial charge in [-0.1, -0.05) is 35.5 Å². The minimum atomic E-state index is -3.77. The SMILES string of the molecule is O=S(=O)(Cc1noc2ccccc12)NCC(O)c1ccccc1F. The van der Waals surface area contributed by atoms with Gasteiger partial charge in [-0.05, 0) is 18.2 Å². The average molecular weight is 350 g/mol. The highest BCUT2D eigenvalue weighted by Gasteiger charge is 2.20. The van der Waals surface area contributed by atoms with Crippen LogP contribution in [0.15, 0.2) is 53.1 Å². The van der Waals surface area contributed by atoms with Crippen LogP contribution in [-0.2, 0) is 15.8 Å². The Kier molecular flexibility index (Phi) is 4.61. The highest BCUT2D eigenvalue weighted by atomic mass is 32.2. The van der Waals surface area contributed by atoms with Crippen LogP contribution in [0, 0.1) is 5.82 Å². The number of rotatable bonds is 6. The van der Waals surface area contributed by atoms with Crippen molar-refractivity contribution in [1.29, 1.82) is 0 Å². The van der Waals surface area contributed by atoms with Crippen LogP contribution in [0.4, 0.5) is 4.39 Å². The van der Waals surface area contributed by atoms with Crippen LogP contribution in [0.1, 0.15) is 17.4 Å². The number of aromatic nitrogens is 1. The molecule has 8 heteroatoms. The Morgan fingerprint density at radius 3 is 2.67 bits per heavy atom. The molecule has 0 aliphatic rings. The Hall–Kier alpha value is -2.29. The van der Waals surface area contributed by atoms with E-state index < -0.39 is 27.7 Å². The summed E-state index contributed by atoms with van der Waals surface area (Å²) in [6.07, 6.45) is -1.28. The predicted molar refractivity (Wildman–Crippen MR) is 86.0 cm³/mol. The summed E-state index contributed by atoms with van der Waals surface area (Å²) in [5.41, 5.74) is 0.805. The molecular weight excluding hydrogens is 335 g/mol. The van der Waals surface area contributed by atoms with Gasteiger partial charge in [0.25, 0.3) is 0 Å². The summed E-state index contributed by atoms with van der Waals surface area (Å²) in [7, 11) is -3.77. The van der Waals surface area contributed by atoms with Crippen LogP contribution in [0.2, 0.25) is 0 Å². The highest BCUT2D eigenvalue weighted by molar-refractivity contribution is 7.88. The minimum Gasteiger partial charge on any atom is -0.387 e. The topological polar surface area (TPSA) is 92.4 Å². The fourth-order valence-corrected chi connectivity index (χ4v) is 3.42. The van der Waals surface area contributed by atoms with Crippen molar-refractivity contribution in [3.8, 4) is 0 Å². The van der Waals surface area contributed by atoms with Crippen LogP contribution in [0.5, 0.6) is 0 Å². The molecule has 0 radical (unpaired) electrons. The Bertz CT molecular complexity index is 955. The van der Waals surface area contributed by atoms with E-state index in [1.54, 1.807) is 30.3 Å². The number of benzene rings is 2. The van der Waals surface area contributed by atoms with Crippen molar-refractivity contribution in [2.24, 2.45) is 0 Å². The zero-order valence-electron chi connectivity index (χ0n) is 12.5. The molecule has 0 saturated heterocycles. The van der Waals surface area contributed by atoms with Gasteiger partial charge in [0.15, 0.2) is 5.58 Å². The third kappa shape index (κ3) is 3.61. The molecule has 0 fully saturated rings. The Balaban J connectivity index is 1.69. The number of aliphatic hydroxyl groups excluding tert-OH is 1. The largest absolute Gasteiger partial charge is 0.387 e. The zero-order chi connectivity index (χ0) is 17.2. The molecule has 0 aliphatic carbocycles. The lowest BCUT2D eigenvalue weighted by molar-refractivity contribution is 0.177. The fourth-order valence-electron chi connectivity index (χ4n) is 2.33. The average Bonchev–Trinajstić information content (AvgIpc) is 2.96. The van der Waals surface area contributed by atoms with Crippen LogP contribution in [0.25, 0.3) is 11.0 Å². The number of nitrogens with one attached hydrogen (secondary N) is 1. The number of hydrogen-bond acceptors (Lipinski definition) is 5. The summed E-state index contributed by atoms with van der Waals surface area (Å²) in [4.78, 5) is 0. The second kappa shape index (κ2) is 6.68. The molecular formula is C16H15FN2O4S. The molecule has 6 nitrogen and oxygen atoms in total. The molecule has 3 rings (SSSR count). The summed E-state index contributed by atoms with van der Waals surface area (Å²) in [6.45, 7) is -0.334. The molecule has 24 heavy (non-hydrogen) atoms. The first-order chi connectivity index (χ1) is 11.5. The standard InChI is InChI=1S/C16H15FN2O4S/c17-13-7-3-1-5-11(13)15(20)9-18-24(21,22)10-14-12-6-2-4-8-16(12)23-19-14/h1-8,15,18,20H,9-10H2. The third-order valence-corrected chi connectivity index (χ3v) is 4.80. The summed E-state index contributed by atoms with van der Waals surface area (Å²) in [5.74, 6) is -0.986. The first-order valence-corrected chi connectivity index (χ1v) is 8.84. The highest BCUT2D eigenvalue weighted by Crippen LogP contribution is 2.20. The maximum absolute atomic E-state index is 13.6. The molecule has 0 aliphatic heterocycles. The van der Waals surface area contributed by atoms with Gasteiger partial charge in [-0.25, -0.2) is 17.5 Å². The second-order valence-electron chi connectivity index (χ2n) is 5.27. The van der Waals surface area contributed by atoms with E-state index in [-0.39, 0.29) is 17.8 Å². The lowest BCUT2D eigenvalue weighted by Crippen LogP contribution is -2.30. The Morgan fingerprint density at radius 2 is 1.88 bits per heavy atom. The summed E-state index contributed by atoms with van der Waals surface area (Å²) < 4.78 is 45.2. The maximum atomic E-state index is 13.6. The van der Waals surface area contributed by atoms with Crippen LogP contribution < -0.4 is 4.72 Å². The number of fused-ring (bicyclic) bond motifs is 1. The fraction of sp³-hybridized carbons (Fsp3) is 0.188. The van der Waals surface area contributed by atoms with Crippen molar-refractivity contribution >= 4 is 21.0 Å². The Labute approximate surface area is 138 Å². The number of sulfonamides is 1. The molecule has 0 saturated carbocycles. The normalized spacial score (nSPS) is 13.2. The summed E-state index contributed by atoms with van der Waals surface area (Å²) in [5, 5.41) is 14.3. The minimum absolute atomic E-state index is 0.0343. The van der Waals surface area contributed by atoms with Crippen molar-refractivity contribution in [2.75, 3.05) is 6.54 Å². The molecule has 1 atom stereocenters. The number of nitrogens with zero attached hydrogens (tertiary/aromatic N) is 1. The van der Waals surface area contributed by atoms with Gasteiger partial charge in [-0.2, -0.15) is 0 Å². The van der Waals surface area contributed by atoms with Gasteiger partial charge in [0.2, 0.25) is 10.0 Å². The summed E-state index contributed by atoms with van der Waals surface area (Å²) in [6, 6.07) is 12.6. The molecule has 1 aromatic heterocycles. The lowest BCUT2D eigenvalue weighted by Gasteiger charge is -2.13. The van der Waals surface area contributed by atoms with E-state index in [0.717, 1.165) is 0 Å². The van der Waals surface area contributed by atoms with Crippen LogP contribution >= 0.6 is 0 Å². The molecule has 3 aromatic rings. The molecule has 126 valence electrons. The number of aliphatic hydroxyl groups is 1. The molecule has 1 heterocycles. The van der Waals surface area contributed by atoms with E-state index in [9.17, 15) is 17.9 Å².